The number of aryl methyl sites for hydroxylation is 1. The van der Waals surface area contributed by atoms with Crippen molar-refractivity contribution in [1.29, 1.82) is 0 Å². The summed E-state index contributed by atoms with van der Waals surface area (Å²) in [6.07, 6.45) is 5.27. The third kappa shape index (κ3) is 3.87. The molecule has 0 aromatic heterocycles. The molecule has 1 aliphatic heterocycles. The van der Waals surface area contributed by atoms with Crippen molar-refractivity contribution in [2.75, 3.05) is 32.6 Å². The fourth-order valence-corrected chi connectivity index (χ4v) is 2.84. The standard InChI is InChI=1S/C16H26N2O/c1-13-7-8-16(19-3)15(12-13)17-10-9-14-6-4-5-11-18(14)2/h7-8,12,14,17H,4-6,9-11H2,1-3H3. The molecule has 0 saturated carbocycles. The number of ether oxygens (including phenoxy) is 1. The van der Waals surface area contributed by atoms with Crippen molar-refractivity contribution in [1.82, 2.24) is 4.90 Å². The van der Waals surface area contributed by atoms with Gasteiger partial charge in [0.05, 0.1) is 12.8 Å². The van der Waals surface area contributed by atoms with E-state index in [-0.39, 0.29) is 0 Å². The quantitative estimate of drug-likeness (QED) is 0.881. The normalized spacial score (nSPS) is 20.3. The lowest BCUT2D eigenvalue weighted by Crippen LogP contribution is -2.37. The van der Waals surface area contributed by atoms with E-state index in [2.05, 4.69) is 36.3 Å². The Labute approximate surface area is 116 Å². The van der Waals surface area contributed by atoms with E-state index in [9.17, 15) is 0 Å². The minimum Gasteiger partial charge on any atom is -0.495 e. The Kier molecular flexibility index (Phi) is 5.08. The Morgan fingerprint density at radius 2 is 2.21 bits per heavy atom. The lowest BCUT2D eigenvalue weighted by atomic mass is 10.00. The van der Waals surface area contributed by atoms with Gasteiger partial charge in [-0.15, -0.1) is 0 Å². The Balaban J connectivity index is 1.86. The predicted octanol–water partition coefficient (Wildman–Crippen LogP) is 3.29. The summed E-state index contributed by atoms with van der Waals surface area (Å²) < 4.78 is 5.39. The highest BCUT2D eigenvalue weighted by Crippen LogP contribution is 2.25. The number of piperidine rings is 1. The van der Waals surface area contributed by atoms with Crippen LogP contribution in [0.25, 0.3) is 0 Å². The summed E-state index contributed by atoms with van der Waals surface area (Å²) in [5, 5.41) is 3.52. The van der Waals surface area contributed by atoms with Gasteiger partial charge in [-0.3, -0.25) is 0 Å². The second kappa shape index (κ2) is 6.80. The predicted molar refractivity (Wildman–Crippen MR) is 81.1 cm³/mol. The van der Waals surface area contributed by atoms with E-state index in [1.807, 2.05) is 6.07 Å². The molecule has 0 aliphatic carbocycles. The van der Waals surface area contributed by atoms with E-state index in [1.165, 1.54) is 37.8 Å². The van der Waals surface area contributed by atoms with Crippen molar-refractivity contribution in [3.8, 4) is 5.75 Å². The Morgan fingerprint density at radius 1 is 1.37 bits per heavy atom. The summed E-state index contributed by atoms with van der Waals surface area (Å²) in [4.78, 5) is 2.50. The summed E-state index contributed by atoms with van der Waals surface area (Å²) in [6, 6.07) is 7.00. The number of anilines is 1. The molecule has 1 atom stereocenters. The van der Waals surface area contributed by atoms with Gasteiger partial charge in [-0.2, -0.15) is 0 Å². The zero-order chi connectivity index (χ0) is 13.7. The van der Waals surface area contributed by atoms with Crippen LogP contribution in [0.2, 0.25) is 0 Å². The maximum atomic E-state index is 5.39. The van der Waals surface area contributed by atoms with Gasteiger partial charge in [-0.1, -0.05) is 12.5 Å². The van der Waals surface area contributed by atoms with Crippen LogP contribution in [0.5, 0.6) is 5.75 Å². The first-order chi connectivity index (χ1) is 9.20. The van der Waals surface area contributed by atoms with E-state index in [4.69, 9.17) is 4.74 Å². The van der Waals surface area contributed by atoms with Crippen LogP contribution in [-0.4, -0.2) is 38.2 Å². The van der Waals surface area contributed by atoms with Gasteiger partial charge in [0.25, 0.3) is 0 Å². The highest BCUT2D eigenvalue weighted by Gasteiger charge is 2.18. The van der Waals surface area contributed by atoms with Gasteiger partial charge in [-0.05, 0) is 57.5 Å². The molecule has 3 heteroatoms. The zero-order valence-electron chi connectivity index (χ0n) is 12.4. The first kappa shape index (κ1) is 14.2. The monoisotopic (exact) mass is 262 g/mol. The van der Waals surface area contributed by atoms with Crippen molar-refractivity contribution in [3.63, 3.8) is 0 Å². The smallest absolute Gasteiger partial charge is 0.141 e. The number of likely N-dealkylation sites (tertiary alicyclic amines) is 1. The SMILES string of the molecule is COc1ccc(C)cc1NCCC1CCCCN1C. The lowest BCUT2D eigenvalue weighted by Gasteiger charge is -2.32. The maximum absolute atomic E-state index is 5.39. The van der Waals surface area contributed by atoms with Crippen LogP contribution in [0, 0.1) is 6.92 Å². The van der Waals surface area contributed by atoms with Crippen molar-refractivity contribution >= 4 is 5.69 Å². The van der Waals surface area contributed by atoms with Gasteiger partial charge < -0.3 is 15.0 Å². The molecule has 0 spiro atoms. The van der Waals surface area contributed by atoms with Crippen molar-refractivity contribution < 1.29 is 4.74 Å². The van der Waals surface area contributed by atoms with E-state index in [0.29, 0.717) is 0 Å². The molecule has 1 heterocycles. The first-order valence-electron chi connectivity index (χ1n) is 7.29. The van der Waals surface area contributed by atoms with Gasteiger partial charge in [0.2, 0.25) is 0 Å². The molecule has 0 radical (unpaired) electrons. The number of nitrogens with zero attached hydrogens (tertiary/aromatic N) is 1. The molecule has 106 valence electrons. The fourth-order valence-electron chi connectivity index (χ4n) is 2.84. The van der Waals surface area contributed by atoms with Gasteiger partial charge in [0.15, 0.2) is 0 Å². The highest BCUT2D eigenvalue weighted by atomic mass is 16.5. The van der Waals surface area contributed by atoms with Crippen molar-refractivity contribution in [2.45, 2.75) is 38.6 Å². The molecule has 1 aliphatic rings. The zero-order valence-corrected chi connectivity index (χ0v) is 12.4. The van der Waals surface area contributed by atoms with Crippen LogP contribution in [0.15, 0.2) is 18.2 Å². The summed E-state index contributed by atoms with van der Waals surface area (Å²) in [5.41, 5.74) is 2.37. The topological polar surface area (TPSA) is 24.5 Å². The van der Waals surface area contributed by atoms with Crippen LogP contribution in [0.3, 0.4) is 0 Å². The average molecular weight is 262 g/mol. The van der Waals surface area contributed by atoms with Gasteiger partial charge >= 0.3 is 0 Å². The Bertz CT molecular complexity index is 406. The van der Waals surface area contributed by atoms with Gasteiger partial charge in [0.1, 0.15) is 5.75 Å². The Hall–Kier alpha value is -1.22. The summed E-state index contributed by atoms with van der Waals surface area (Å²) in [5.74, 6) is 0.933. The average Bonchev–Trinajstić information content (AvgIpc) is 2.41. The molecule has 1 aromatic carbocycles. The third-order valence-electron chi connectivity index (χ3n) is 4.07. The molecule has 0 amide bonds. The molecule has 0 bridgehead atoms. The molecule has 2 rings (SSSR count). The number of benzene rings is 1. The molecule has 1 aromatic rings. The third-order valence-corrected chi connectivity index (χ3v) is 4.07. The van der Waals surface area contributed by atoms with Crippen molar-refractivity contribution in [2.24, 2.45) is 0 Å². The molecule has 1 N–H and O–H groups in total. The van der Waals surface area contributed by atoms with Crippen LogP contribution < -0.4 is 10.1 Å². The number of nitrogens with one attached hydrogen (secondary N) is 1. The number of hydrogen-bond acceptors (Lipinski definition) is 3. The number of methoxy groups -OCH3 is 1. The number of rotatable bonds is 5. The molecular weight excluding hydrogens is 236 g/mol. The van der Waals surface area contributed by atoms with Gasteiger partial charge in [-0.25, -0.2) is 0 Å². The second-order valence-electron chi connectivity index (χ2n) is 5.55. The van der Waals surface area contributed by atoms with Gasteiger partial charge in [0, 0.05) is 12.6 Å². The minimum absolute atomic E-state index is 0.733. The van der Waals surface area contributed by atoms with Crippen LogP contribution >= 0.6 is 0 Å². The first-order valence-corrected chi connectivity index (χ1v) is 7.29. The Morgan fingerprint density at radius 3 is 2.95 bits per heavy atom. The highest BCUT2D eigenvalue weighted by molar-refractivity contribution is 5.57. The van der Waals surface area contributed by atoms with Crippen LogP contribution in [0.4, 0.5) is 5.69 Å². The molecule has 1 fully saturated rings. The van der Waals surface area contributed by atoms with Crippen LogP contribution in [-0.2, 0) is 0 Å². The van der Waals surface area contributed by atoms with Crippen molar-refractivity contribution in [3.05, 3.63) is 23.8 Å². The van der Waals surface area contributed by atoms with E-state index >= 15 is 0 Å². The van der Waals surface area contributed by atoms with E-state index in [1.54, 1.807) is 7.11 Å². The fraction of sp³-hybridized carbons (Fsp3) is 0.625. The summed E-state index contributed by atoms with van der Waals surface area (Å²) in [6.45, 7) is 4.37. The number of hydrogen-bond donors (Lipinski definition) is 1. The van der Waals surface area contributed by atoms with E-state index < -0.39 is 0 Å². The molecule has 19 heavy (non-hydrogen) atoms. The molecule has 3 nitrogen and oxygen atoms in total. The summed E-state index contributed by atoms with van der Waals surface area (Å²) >= 11 is 0. The molecular formula is C16H26N2O. The van der Waals surface area contributed by atoms with Crippen LogP contribution in [0.1, 0.15) is 31.2 Å². The second-order valence-corrected chi connectivity index (χ2v) is 5.55. The lowest BCUT2D eigenvalue weighted by molar-refractivity contribution is 0.179. The largest absolute Gasteiger partial charge is 0.495 e. The minimum atomic E-state index is 0.733. The van der Waals surface area contributed by atoms with E-state index in [0.717, 1.165) is 24.0 Å². The summed E-state index contributed by atoms with van der Waals surface area (Å²) in [7, 11) is 3.97. The molecule has 1 unspecified atom stereocenters. The molecule has 1 saturated heterocycles. The maximum Gasteiger partial charge on any atom is 0.141 e.